The van der Waals surface area contributed by atoms with E-state index in [1.807, 2.05) is 30.3 Å². The van der Waals surface area contributed by atoms with Gasteiger partial charge in [0.15, 0.2) is 11.5 Å². The first-order valence-electron chi connectivity index (χ1n) is 6.12. The molecule has 0 radical (unpaired) electrons. The first kappa shape index (κ1) is 10.9. The Labute approximate surface area is 113 Å². The highest BCUT2D eigenvalue weighted by atomic mass is 15.0. The fourth-order valence-corrected chi connectivity index (χ4v) is 2.21. The van der Waals surface area contributed by atoms with Gasteiger partial charge in [0, 0.05) is 17.1 Å². The topological polar surface area (TPSA) is 93.4 Å². The van der Waals surface area contributed by atoms with Crippen LogP contribution < -0.4 is 5.73 Å². The third-order valence-electron chi connectivity index (χ3n) is 3.19. The lowest BCUT2D eigenvalue weighted by atomic mass is 10.1. The molecule has 96 valence electrons. The van der Waals surface area contributed by atoms with Gasteiger partial charge in [0.2, 0.25) is 0 Å². The molecular formula is C14H10N6. The Kier molecular flexibility index (Phi) is 2.17. The van der Waals surface area contributed by atoms with Crippen molar-refractivity contribution in [3.05, 3.63) is 42.9 Å². The first-order chi connectivity index (χ1) is 9.81. The number of aromatic amines is 1. The van der Waals surface area contributed by atoms with Crippen LogP contribution in [0.1, 0.15) is 0 Å². The van der Waals surface area contributed by atoms with Crippen molar-refractivity contribution >= 4 is 27.9 Å². The van der Waals surface area contributed by atoms with E-state index >= 15 is 0 Å². The minimum Gasteiger partial charge on any atom is -0.382 e. The summed E-state index contributed by atoms with van der Waals surface area (Å²) in [5, 5.41) is 1.06. The number of rotatable bonds is 1. The zero-order valence-electron chi connectivity index (χ0n) is 10.4. The molecule has 6 heteroatoms. The van der Waals surface area contributed by atoms with E-state index in [1.165, 1.54) is 6.33 Å². The Balaban J connectivity index is 1.94. The molecule has 4 aromatic rings. The molecule has 3 N–H and O–H groups in total. The van der Waals surface area contributed by atoms with Gasteiger partial charge >= 0.3 is 0 Å². The number of nitrogen functional groups attached to an aromatic ring is 1. The average molecular weight is 262 g/mol. The van der Waals surface area contributed by atoms with E-state index in [0.717, 1.165) is 22.3 Å². The summed E-state index contributed by atoms with van der Waals surface area (Å²) in [5.74, 6) is 1.12. The molecule has 0 saturated heterocycles. The first-order valence-corrected chi connectivity index (χ1v) is 6.12. The minimum atomic E-state index is 0.399. The van der Waals surface area contributed by atoms with Crippen LogP contribution in [0.25, 0.3) is 33.5 Å². The Morgan fingerprint density at radius 2 is 2.00 bits per heavy atom. The minimum absolute atomic E-state index is 0.399. The number of imidazole rings is 1. The van der Waals surface area contributed by atoms with Gasteiger partial charge in [-0.2, -0.15) is 0 Å². The van der Waals surface area contributed by atoms with Crippen molar-refractivity contribution in [2.45, 2.75) is 0 Å². The predicted octanol–water partition coefficient (Wildman–Crippen LogP) is 2.15. The average Bonchev–Trinajstić information content (AvgIpc) is 2.92. The Hall–Kier alpha value is -3.02. The third-order valence-corrected chi connectivity index (χ3v) is 3.19. The van der Waals surface area contributed by atoms with Gasteiger partial charge in [-0.15, -0.1) is 0 Å². The van der Waals surface area contributed by atoms with Crippen molar-refractivity contribution in [2.75, 3.05) is 5.73 Å². The van der Waals surface area contributed by atoms with Crippen molar-refractivity contribution in [2.24, 2.45) is 0 Å². The molecule has 0 aliphatic heterocycles. The van der Waals surface area contributed by atoms with Crippen LogP contribution in [0, 0.1) is 0 Å². The van der Waals surface area contributed by atoms with Crippen LogP contribution in [0.4, 0.5) is 5.82 Å². The molecule has 0 aliphatic rings. The molecule has 3 aromatic heterocycles. The predicted molar refractivity (Wildman–Crippen MR) is 76.8 cm³/mol. The van der Waals surface area contributed by atoms with Crippen LogP contribution in [0.3, 0.4) is 0 Å². The summed E-state index contributed by atoms with van der Waals surface area (Å²) in [6.45, 7) is 0. The number of nitrogens with one attached hydrogen (secondary N) is 1. The number of hydrogen-bond donors (Lipinski definition) is 2. The molecule has 0 atom stereocenters. The third kappa shape index (κ3) is 1.58. The number of hydrogen-bond acceptors (Lipinski definition) is 5. The van der Waals surface area contributed by atoms with Crippen molar-refractivity contribution < 1.29 is 0 Å². The number of nitrogens with two attached hydrogens (primary N) is 1. The van der Waals surface area contributed by atoms with Gasteiger partial charge in [-0.05, 0) is 24.3 Å². The van der Waals surface area contributed by atoms with Gasteiger partial charge < -0.3 is 10.7 Å². The molecule has 0 spiro atoms. The molecule has 0 unspecified atom stereocenters. The Bertz CT molecular complexity index is 927. The second kappa shape index (κ2) is 3.99. The van der Waals surface area contributed by atoms with Crippen molar-refractivity contribution in [1.82, 2.24) is 24.9 Å². The lowest BCUT2D eigenvalue weighted by molar-refractivity contribution is 1.21. The molecular weight excluding hydrogens is 252 g/mol. The van der Waals surface area contributed by atoms with Gasteiger partial charge in [-0.25, -0.2) is 15.0 Å². The van der Waals surface area contributed by atoms with Gasteiger partial charge in [0.1, 0.15) is 17.7 Å². The van der Waals surface area contributed by atoms with E-state index in [2.05, 4.69) is 24.9 Å². The monoisotopic (exact) mass is 262 g/mol. The SMILES string of the molecule is Nc1ncnc2nc(-c3ccc4ncccc4c3)[nH]c12. The largest absolute Gasteiger partial charge is 0.382 e. The van der Waals surface area contributed by atoms with E-state index in [9.17, 15) is 0 Å². The van der Waals surface area contributed by atoms with Crippen LogP contribution in [-0.2, 0) is 0 Å². The quantitative estimate of drug-likeness (QED) is 0.548. The number of nitrogens with zero attached hydrogens (tertiary/aromatic N) is 4. The van der Waals surface area contributed by atoms with Crippen LogP contribution >= 0.6 is 0 Å². The van der Waals surface area contributed by atoms with Crippen LogP contribution in [0.2, 0.25) is 0 Å². The number of fused-ring (bicyclic) bond motifs is 2. The molecule has 1 aromatic carbocycles. The maximum absolute atomic E-state index is 5.81. The van der Waals surface area contributed by atoms with Crippen molar-refractivity contribution in [3.63, 3.8) is 0 Å². The number of benzene rings is 1. The fraction of sp³-hybridized carbons (Fsp3) is 0. The summed E-state index contributed by atoms with van der Waals surface area (Å²) in [5.41, 5.74) is 8.95. The highest BCUT2D eigenvalue weighted by Gasteiger charge is 2.09. The second-order valence-corrected chi connectivity index (χ2v) is 4.45. The molecule has 0 saturated carbocycles. The van der Waals surface area contributed by atoms with Gasteiger partial charge in [0.25, 0.3) is 0 Å². The lowest BCUT2D eigenvalue weighted by Crippen LogP contribution is -1.91. The van der Waals surface area contributed by atoms with Crippen LogP contribution in [-0.4, -0.2) is 24.9 Å². The van der Waals surface area contributed by atoms with Gasteiger partial charge in [-0.3, -0.25) is 4.98 Å². The molecule has 0 aliphatic carbocycles. The van der Waals surface area contributed by atoms with Crippen molar-refractivity contribution in [1.29, 1.82) is 0 Å². The Morgan fingerprint density at radius 1 is 1.05 bits per heavy atom. The second-order valence-electron chi connectivity index (χ2n) is 4.45. The summed E-state index contributed by atoms with van der Waals surface area (Å²) in [6, 6.07) is 9.89. The zero-order valence-corrected chi connectivity index (χ0v) is 10.4. The number of anilines is 1. The van der Waals surface area contributed by atoms with E-state index in [1.54, 1.807) is 6.20 Å². The summed E-state index contributed by atoms with van der Waals surface area (Å²) in [7, 11) is 0. The highest BCUT2D eigenvalue weighted by Crippen LogP contribution is 2.24. The smallest absolute Gasteiger partial charge is 0.183 e. The van der Waals surface area contributed by atoms with Gasteiger partial charge in [-0.1, -0.05) is 6.07 Å². The maximum Gasteiger partial charge on any atom is 0.183 e. The number of H-pyrrole nitrogens is 1. The maximum atomic E-state index is 5.81. The van der Waals surface area contributed by atoms with E-state index in [0.29, 0.717) is 17.0 Å². The normalized spacial score (nSPS) is 11.2. The summed E-state index contributed by atoms with van der Waals surface area (Å²) in [6.07, 6.45) is 3.19. The summed E-state index contributed by atoms with van der Waals surface area (Å²) in [4.78, 5) is 20.0. The summed E-state index contributed by atoms with van der Waals surface area (Å²) >= 11 is 0. The van der Waals surface area contributed by atoms with Crippen molar-refractivity contribution in [3.8, 4) is 11.4 Å². The van der Waals surface area contributed by atoms with E-state index in [4.69, 9.17) is 5.73 Å². The van der Waals surface area contributed by atoms with Crippen LogP contribution in [0.15, 0.2) is 42.9 Å². The molecule has 3 heterocycles. The molecule has 4 rings (SSSR count). The fourth-order valence-electron chi connectivity index (χ4n) is 2.21. The van der Waals surface area contributed by atoms with E-state index in [-0.39, 0.29) is 0 Å². The molecule has 20 heavy (non-hydrogen) atoms. The molecule has 6 nitrogen and oxygen atoms in total. The zero-order chi connectivity index (χ0) is 13.5. The summed E-state index contributed by atoms with van der Waals surface area (Å²) < 4.78 is 0. The lowest BCUT2D eigenvalue weighted by Gasteiger charge is -1.99. The number of aromatic nitrogens is 5. The highest BCUT2D eigenvalue weighted by molar-refractivity contribution is 5.87. The van der Waals surface area contributed by atoms with Gasteiger partial charge in [0.05, 0.1) is 5.52 Å². The molecule has 0 fully saturated rings. The standard InChI is InChI=1S/C14H10N6/c15-12-11-14(18-7-17-12)20-13(19-11)9-3-4-10-8(6-9)2-1-5-16-10/h1-7H,(H3,15,17,18,19,20). The Morgan fingerprint density at radius 3 is 2.90 bits per heavy atom. The van der Waals surface area contributed by atoms with Crippen LogP contribution in [0.5, 0.6) is 0 Å². The molecule has 0 amide bonds. The number of pyridine rings is 1. The van der Waals surface area contributed by atoms with E-state index < -0.39 is 0 Å². The molecule has 0 bridgehead atoms.